The highest BCUT2D eigenvalue weighted by atomic mass is 19.1. The number of nitrogens with two attached hydrogens (primary N) is 1. The van der Waals surface area contributed by atoms with E-state index in [4.69, 9.17) is 10.7 Å². The zero-order valence-electron chi connectivity index (χ0n) is 16.8. The number of guanidine groups is 1. The van der Waals surface area contributed by atoms with Crippen LogP contribution in [0, 0.1) is 12.7 Å². The van der Waals surface area contributed by atoms with Crippen molar-refractivity contribution in [3.63, 3.8) is 0 Å². The van der Waals surface area contributed by atoms with E-state index in [2.05, 4.69) is 10.3 Å². The minimum absolute atomic E-state index is 0.133. The molecule has 1 aromatic rings. The number of likely N-dealkylation sites (N-methyl/N-ethyl adjacent to an activating group) is 1. The van der Waals surface area contributed by atoms with Gasteiger partial charge in [-0.25, -0.2) is 9.38 Å². The Kier molecular flexibility index (Phi) is 4.70. The predicted molar refractivity (Wildman–Crippen MR) is 113 cm³/mol. The average molecular weight is 393 g/mol. The van der Waals surface area contributed by atoms with Crippen molar-refractivity contribution in [2.45, 2.75) is 32.2 Å². The maximum absolute atomic E-state index is 13.5. The Morgan fingerprint density at radius 2 is 2.17 bits per heavy atom. The Morgan fingerprint density at radius 3 is 2.90 bits per heavy atom. The summed E-state index contributed by atoms with van der Waals surface area (Å²) in [7, 11) is 1.91. The molecule has 3 N–H and O–H groups in total. The van der Waals surface area contributed by atoms with E-state index in [0.29, 0.717) is 31.2 Å². The number of carbonyl (C=O) groups is 1. The Hall–Kier alpha value is -3.06. The van der Waals surface area contributed by atoms with Gasteiger partial charge in [0.2, 0.25) is 5.96 Å². The van der Waals surface area contributed by atoms with E-state index in [1.54, 1.807) is 12.3 Å². The van der Waals surface area contributed by atoms with Gasteiger partial charge in [-0.2, -0.15) is 4.99 Å². The van der Waals surface area contributed by atoms with Gasteiger partial charge in [0.25, 0.3) is 0 Å². The zero-order chi connectivity index (χ0) is 20.8. The molecule has 0 fully saturated rings. The van der Waals surface area contributed by atoms with Gasteiger partial charge in [-0.1, -0.05) is 12.2 Å². The van der Waals surface area contributed by atoms with Gasteiger partial charge in [0.1, 0.15) is 17.1 Å². The van der Waals surface area contributed by atoms with Crippen LogP contribution in [0.3, 0.4) is 0 Å². The molecule has 1 aromatic carbocycles. The van der Waals surface area contributed by atoms with Crippen LogP contribution in [-0.4, -0.2) is 41.6 Å². The number of anilines is 1. The second-order valence-corrected chi connectivity index (χ2v) is 7.63. The first-order valence-corrected chi connectivity index (χ1v) is 9.60. The Labute approximate surface area is 169 Å². The molecule has 0 bridgehead atoms. The first-order valence-electron chi connectivity index (χ1n) is 9.60. The number of Topliss-reactive ketones (excluding diaryl/α,β-unsaturated/α-hetero) is 1. The van der Waals surface area contributed by atoms with Gasteiger partial charge in [-0.15, -0.1) is 0 Å². The average Bonchev–Trinajstić information content (AvgIpc) is 2.93. The van der Waals surface area contributed by atoms with Gasteiger partial charge < -0.3 is 16.0 Å². The third-order valence-corrected chi connectivity index (χ3v) is 5.71. The molecule has 2 aliphatic heterocycles. The van der Waals surface area contributed by atoms with Crippen molar-refractivity contribution < 1.29 is 9.18 Å². The molecule has 1 atom stereocenters. The summed E-state index contributed by atoms with van der Waals surface area (Å²) in [4.78, 5) is 24.0. The number of halogens is 1. The van der Waals surface area contributed by atoms with Gasteiger partial charge >= 0.3 is 0 Å². The molecule has 3 aliphatic rings. The van der Waals surface area contributed by atoms with Crippen LogP contribution >= 0.6 is 0 Å². The van der Waals surface area contributed by atoms with Crippen molar-refractivity contribution in [1.29, 1.82) is 0 Å². The molecule has 0 saturated heterocycles. The molecule has 29 heavy (non-hydrogen) atoms. The minimum Gasteiger partial charge on any atom is -0.328 e. The second kappa shape index (κ2) is 7.08. The molecule has 1 spiro atoms. The maximum Gasteiger partial charge on any atom is 0.205 e. The fraction of sp³-hybridized carbons (Fsp3) is 0.318. The van der Waals surface area contributed by atoms with Gasteiger partial charge in [-0.05, 0) is 54.3 Å². The summed E-state index contributed by atoms with van der Waals surface area (Å²) in [6.07, 6.45) is 6.29. The topological polar surface area (TPSA) is 83.1 Å². The summed E-state index contributed by atoms with van der Waals surface area (Å²) in [5.74, 6) is 1.02. The fourth-order valence-corrected chi connectivity index (χ4v) is 4.37. The molecule has 0 aromatic heterocycles. The molecule has 0 radical (unpaired) electrons. The van der Waals surface area contributed by atoms with Gasteiger partial charge in [0, 0.05) is 38.3 Å². The van der Waals surface area contributed by atoms with Crippen LogP contribution in [0.5, 0.6) is 0 Å². The van der Waals surface area contributed by atoms with Crippen molar-refractivity contribution in [3.8, 4) is 0 Å². The number of ketones is 1. The zero-order valence-corrected chi connectivity index (χ0v) is 16.8. The van der Waals surface area contributed by atoms with E-state index in [0.717, 1.165) is 28.0 Å². The molecule has 150 valence electrons. The number of hydrogen-bond donors (Lipinski definition) is 2. The highest BCUT2D eigenvalue weighted by Gasteiger charge is 2.55. The van der Waals surface area contributed by atoms with Crippen LogP contribution in [0.2, 0.25) is 0 Å². The summed E-state index contributed by atoms with van der Waals surface area (Å²) in [5.41, 5.74) is 9.46. The lowest BCUT2D eigenvalue weighted by Gasteiger charge is -2.44. The highest BCUT2D eigenvalue weighted by Crippen LogP contribution is 2.46. The lowest BCUT2D eigenvalue weighted by molar-refractivity contribution is -0.119. The van der Waals surface area contributed by atoms with Gasteiger partial charge in [0.15, 0.2) is 5.84 Å². The number of nitrogens with zero attached hydrogens (tertiary/aromatic N) is 3. The van der Waals surface area contributed by atoms with Crippen LogP contribution in [0.25, 0.3) is 0 Å². The second-order valence-electron chi connectivity index (χ2n) is 7.63. The van der Waals surface area contributed by atoms with E-state index in [9.17, 15) is 9.18 Å². The van der Waals surface area contributed by atoms with Crippen LogP contribution in [-0.2, 0) is 4.79 Å². The van der Waals surface area contributed by atoms with Crippen LogP contribution in [0.4, 0.5) is 10.1 Å². The van der Waals surface area contributed by atoms with Crippen LogP contribution in [0.15, 0.2) is 63.3 Å². The molecule has 2 heterocycles. The molecule has 1 aliphatic carbocycles. The monoisotopic (exact) mass is 393 g/mol. The standard InChI is InChI=1S/C22H24FN5O/c1-13-9-16(23)6-7-18(13)26-21-27-20-22(28(21)3)11-17(29)10-15(5-4-8-24)19(22)14(2)12-25-20/h4-7,9,12H,8,10-11,24H2,1-3H3,(H,25,26,27)/b5-4+. The predicted octanol–water partition coefficient (Wildman–Crippen LogP) is 3.08. The molecular weight excluding hydrogens is 369 g/mol. The smallest absolute Gasteiger partial charge is 0.205 e. The molecule has 6 nitrogen and oxygen atoms in total. The fourth-order valence-electron chi connectivity index (χ4n) is 4.37. The maximum atomic E-state index is 13.5. The summed E-state index contributed by atoms with van der Waals surface area (Å²) >= 11 is 0. The SMILES string of the molecule is CC1=CN=C2N=C(Nc3ccc(F)cc3C)N(C)C23CC(=O)CC(/C=C/CN)=C13. The number of nitrogens with one attached hydrogen (secondary N) is 1. The Bertz CT molecular complexity index is 1050. The molecule has 0 amide bonds. The molecular formula is C22H24FN5O. The minimum atomic E-state index is -0.737. The first-order chi connectivity index (χ1) is 13.9. The first kappa shape index (κ1) is 19.3. The Balaban J connectivity index is 1.80. The van der Waals surface area contributed by atoms with Crippen LogP contribution in [0.1, 0.15) is 25.3 Å². The highest BCUT2D eigenvalue weighted by molar-refractivity contribution is 6.17. The largest absolute Gasteiger partial charge is 0.328 e. The van der Waals surface area contributed by atoms with Gasteiger partial charge in [-0.3, -0.25) is 4.79 Å². The number of amidine groups is 1. The number of carbonyl (C=O) groups excluding carboxylic acids is 1. The molecule has 7 heteroatoms. The van der Waals surface area contributed by atoms with Gasteiger partial charge in [0.05, 0.1) is 0 Å². The van der Waals surface area contributed by atoms with Crippen molar-refractivity contribution >= 4 is 23.3 Å². The van der Waals surface area contributed by atoms with E-state index in [1.165, 1.54) is 12.1 Å². The molecule has 0 saturated carbocycles. The van der Waals surface area contributed by atoms with Crippen molar-refractivity contribution in [3.05, 3.63) is 64.7 Å². The number of benzene rings is 1. The third kappa shape index (κ3) is 3.02. The normalized spacial score (nSPS) is 23.7. The number of rotatable bonds is 3. The summed E-state index contributed by atoms with van der Waals surface area (Å²) in [6.45, 7) is 4.25. The number of aliphatic imine (C=N–C) groups is 2. The van der Waals surface area contributed by atoms with E-state index in [-0.39, 0.29) is 11.6 Å². The van der Waals surface area contributed by atoms with Crippen molar-refractivity contribution in [1.82, 2.24) is 4.90 Å². The number of aryl methyl sites for hydroxylation is 1. The summed E-state index contributed by atoms with van der Waals surface area (Å²) in [5, 5.41) is 3.29. The molecule has 4 rings (SSSR count). The number of allylic oxidation sites excluding steroid dienone is 2. The quantitative estimate of drug-likeness (QED) is 0.827. The molecule has 1 unspecified atom stereocenters. The lowest BCUT2D eigenvalue weighted by atomic mass is 9.71. The number of hydrogen-bond acceptors (Lipinski definition) is 6. The van der Waals surface area contributed by atoms with E-state index >= 15 is 0 Å². The lowest BCUT2D eigenvalue weighted by Crippen LogP contribution is -2.56. The summed E-state index contributed by atoms with van der Waals surface area (Å²) in [6, 6.07) is 4.56. The van der Waals surface area contributed by atoms with Crippen LogP contribution < -0.4 is 11.1 Å². The van der Waals surface area contributed by atoms with E-state index < -0.39 is 5.54 Å². The summed E-state index contributed by atoms with van der Waals surface area (Å²) < 4.78 is 13.5. The van der Waals surface area contributed by atoms with Crippen molar-refractivity contribution in [2.75, 3.05) is 18.9 Å². The van der Waals surface area contributed by atoms with E-state index in [1.807, 2.05) is 37.9 Å². The Morgan fingerprint density at radius 1 is 1.38 bits per heavy atom. The third-order valence-electron chi connectivity index (χ3n) is 5.71. The van der Waals surface area contributed by atoms with Crippen molar-refractivity contribution in [2.24, 2.45) is 15.7 Å².